The first kappa shape index (κ1) is 15.9. The van der Waals surface area contributed by atoms with Gasteiger partial charge in [0.05, 0.1) is 17.6 Å². The Kier molecular flexibility index (Phi) is 4.52. The zero-order valence-corrected chi connectivity index (χ0v) is 14.4. The first-order valence-electron chi connectivity index (χ1n) is 8.21. The number of carbonyl (C=O) groups is 1. The fraction of sp³-hybridized carbons (Fsp3) is 0.211. The van der Waals surface area contributed by atoms with Crippen molar-refractivity contribution in [3.05, 3.63) is 72.3 Å². The van der Waals surface area contributed by atoms with E-state index >= 15 is 0 Å². The molecule has 1 N–H and O–H groups in total. The molecular weight excluding hydrogens is 332 g/mol. The van der Waals surface area contributed by atoms with Crippen LogP contribution in [0.5, 0.6) is 0 Å². The van der Waals surface area contributed by atoms with E-state index < -0.39 is 0 Å². The number of thioether (sulfide) groups is 1. The number of rotatable bonds is 5. The third kappa shape index (κ3) is 3.44. The van der Waals surface area contributed by atoms with Crippen molar-refractivity contribution in [2.24, 2.45) is 0 Å². The molecule has 5 nitrogen and oxygen atoms in total. The van der Waals surface area contributed by atoms with E-state index in [0.717, 1.165) is 29.1 Å². The third-order valence-electron chi connectivity index (χ3n) is 4.24. The number of H-pyrrole nitrogens is 1. The maximum Gasteiger partial charge on any atom is 0.233 e. The molecule has 1 aliphatic rings. The number of nitrogens with zero attached hydrogens (tertiary/aromatic N) is 3. The van der Waals surface area contributed by atoms with Crippen molar-refractivity contribution in [3.8, 4) is 11.4 Å². The van der Waals surface area contributed by atoms with Gasteiger partial charge in [0, 0.05) is 24.5 Å². The molecule has 0 saturated carbocycles. The highest BCUT2D eigenvalue weighted by atomic mass is 32.2. The largest absolute Gasteiger partial charge is 0.339 e. The highest BCUT2D eigenvalue weighted by molar-refractivity contribution is 8.00. The summed E-state index contributed by atoms with van der Waals surface area (Å²) in [6, 6.07) is 14.0. The van der Waals surface area contributed by atoms with Crippen molar-refractivity contribution >= 4 is 17.7 Å². The Morgan fingerprint density at radius 3 is 2.84 bits per heavy atom. The van der Waals surface area contributed by atoms with Gasteiger partial charge in [-0.1, -0.05) is 36.4 Å². The van der Waals surface area contributed by atoms with Crippen molar-refractivity contribution in [1.29, 1.82) is 0 Å². The molecule has 1 aliphatic heterocycles. The van der Waals surface area contributed by atoms with Crippen LogP contribution in [0.3, 0.4) is 0 Å². The smallest absolute Gasteiger partial charge is 0.233 e. The summed E-state index contributed by atoms with van der Waals surface area (Å²) in [5.74, 6) is 1.52. The van der Waals surface area contributed by atoms with Crippen LogP contribution in [-0.4, -0.2) is 38.1 Å². The van der Waals surface area contributed by atoms with Gasteiger partial charge < -0.3 is 9.88 Å². The van der Waals surface area contributed by atoms with Crippen LogP contribution in [0.1, 0.15) is 16.6 Å². The van der Waals surface area contributed by atoms with E-state index in [1.807, 2.05) is 59.8 Å². The number of aromatic amines is 1. The van der Waals surface area contributed by atoms with Crippen molar-refractivity contribution in [1.82, 2.24) is 19.9 Å². The Bertz CT molecular complexity index is 850. The number of carbonyl (C=O) groups excluding carboxylic acids is 1. The van der Waals surface area contributed by atoms with Gasteiger partial charge in [0.15, 0.2) is 0 Å². The fourth-order valence-corrected chi connectivity index (χ4v) is 4.12. The van der Waals surface area contributed by atoms with E-state index in [2.05, 4.69) is 15.0 Å². The molecule has 1 unspecified atom stereocenters. The van der Waals surface area contributed by atoms with E-state index in [-0.39, 0.29) is 11.3 Å². The molecule has 1 saturated heterocycles. The normalized spacial score (nSPS) is 17.2. The van der Waals surface area contributed by atoms with Gasteiger partial charge in [-0.2, -0.15) is 0 Å². The summed E-state index contributed by atoms with van der Waals surface area (Å²) in [6.07, 6.45) is 6.26. The molecule has 1 aromatic carbocycles. The Hall–Kier alpha value is -2.60. The molecule has 4 rings (SSSR count). The summed E-state index contributed by atoms with van der Waals surface area (Å²) in [5, 5.41) is -0.00543. The summed E-state index contributed by atoms with van der Waals surface area (Å²) in [4.78, 5) is 26.3. The molecular formula is C19H18N4OS. The van der Waals surface area contributed by atoms with Gasteiger partial charge in [0.2, 0.25) is 5.91 Å². The molecule has 6 heteroatoms. The molecule has 3 heterocycles. The van der Waals surface area contributed by atoms with Crippen LogP contribution in [0, 0.1) is 0 Å². The molecule has 0 bridgehead atoms. The quantitative estimate of drug-likeness (QED) is 0.767. The predicted molar refractivity (Wildman–Crippen MR) is 98.9 cm³/mol. The Morgan fingerprint density at radius 2 is 2.04 bits per heavy atom. The molecule has 0 spiro atoms. The average molecular weight is 350 g/mol. The maximum absolute atomic E-state index is 12.3. The van der Waals surface area contributed by atoms with Crippen molar-refractivity contribution in [3.63, 3.8) is 0 Å². The molecule has 126 valence electrons. The zero-order chi connectivity index (χ0) is 17.1. The first-order chi connectivity index (χ1) is 12.3. The van der Waals surface area contributed by atoms with Crippen LogP contribution < -0.4 is 0 Å². The second kappa shape index (κ2) is 7.11. The second-order valence-corrected chi connectivity index (χ2v) is 6.98. The minimum Gasteiger partial charge on any atom is -0.339 e. The number of benzene rings is 1. The van der Waals surface area contributed by atoms with Gasteiger partial charge in [-0.3, -0.25) is 9.78 Å². The summed E-state index contributed by atoms with van der Waals surface area (Å²) in [7, 11) is 0. The molecule has 1 atom stereocenters. The molecule has 1 amide bonds. The summed E-state index contributed by atoms with van der Waals surface area (Å²) in [6.45, 7) is 0.682. The monoisotopic (exact) mass is 350 g/mol. The van der Waals surface area contributed by atoms with Gasteiger partial charge in [-0.05, 0) is 18.1 Å². The van der Waals surface area contributed by atoms with Gasteiger partial charge in [-0.15, -0.1) is 11.8 Å². The van der Waals surface area contributed by atoms with E-state index in [1.54, 1.807) is 18.0 Å². The van der Waals surface area contributed by atoms with Crippen LogP contribution in [0.4, 0.5) is 0 Å². The first-order valence-corrected chi connectivity index (χ1v) is 9.26. The lowest BCUT2D eigenvalue weighted by atomic mass is 10.2. The highest BCUT2D eigenvalue weighted by Crippen LogP contribution is 2.38. The standard InChI is InChI=1S/C19H18N4OS/c24-17-13-25-19(23(17)10-8-14-5-4-9-20-11-14)16-12-21-18(22-16)15-6-2-1-3-7-15/h1-7,9,11-12,19H,8,10,13H2,(H,21,22). The van der Waals surface area contributed by atoms with Crippen molar-refractivity contribution in [2.45, 2.75) is 11.8 Å². The number of pyridine rings is 1. The Morgan fingerprint density at radius 1 is 1.16 bits per heavy atom. The number of nitrogens with one attached hydrogen (secondary N) is 1. The number of aromatic nitrogens is 3. The molecule has 25 heavy (non-hydrogen) atoms. The maximum atomic E-state index is 12.3. The van der Waals surface area contributed by atoms with Crippen LogP contribution in [0.2, 0.25) is 0 Å². The van der Waals surface area contributed by atoms with E-state index in [4.69, 9.17) is 0 Å². The molecule has 2 aromatic heterocycles. The summed E-state index contributed by atoms with van der Waals surface area (Å²) < 4.78 is 0. The summed E-state index contributed by atoms with van der Waals surface area (Å²) in [5.41, 5.74) is 3.16. The lowest BCUT2D eigenvalue weighted by Gasteiger charge is -2.22. The number of hydrogen-bond acceptors (Lipinski definition) is 4. The lowest BCUT2D eigenvalue weighted by molar-refractivity contribution is -0.128. The van der Waals surface area contributed by atoms with Crippen molar-refractivity contribution in [2.75, 3.05) is 12.3 Å². The second-order valence-electron chi connectivity index (χ2n) is 5.91. The minimum absolute atomic E-state index is 0.00543. The number of amides is 1. The Balaban J connectivity index is 1.51. The van der Waals surface area contributed by atoms with Crippen LogP contribution >= 0.6 is 11.8 Å². The zero-order valence-electron chi connectivity index (χ0n) is 13.6. The molecule has 0 aliphatic carbocycles. The minimum atomic E-state index is -0.00543. The van der Waals surface area contributed by atoms with E-state index in [9.17, 15) is 4.79 Å². The van der Waals surface area contributed by atoms with Crippen molar-refractivity contribution < 1.29 is 4.79 Å². The van der Waals surface area contributed by atoms with Gasteiger partial charge in [0.25, 0.3) is 0 Å². The third-order valence-corrected chi connectivity index (χ3v) is 5.48. The van der Waals surface area contributed by atoms with Crippen LogP contribution in [0.15, 0.2) is 61.1 Å². The van der Waals surface area contributed by atoms with Crippen LogP contribution in [0.25, 0.3) is 11.4 Å². The molecule has 1 fully saturated rings. The average Bonchev–Trinajstić information content (AvgIpc) is 3.28. The number of hydrogen-bond donors (Lipinski definition) is 1. The highest BCUT2D eigenvalue weighted by Gasteiger charge is 2.33. The van der Waals surface area contributed by atoms with Crippen LogP contribution in [-0.2, 0) is 11.2 Å². The molecule has 3 aromatic rings. The molecule has 0 radical (unpaired) electrons. The van der Waals surface area contributed by atoms with Gasteiger partial charge in [0.1, 0.15) is 11.2 Å². The topological polar surface area (TPSA) is 61.9 Å². The number of imidazole rings is 1. The van der Waals surface area contributed by atoms with E-state index in [0.29, 0.717) is 12.3 Å². The lowest BCUT2D eigenvalue weighted by Crippen LogP contribution is -2.30. The fourth-order valence-electron chi connectivity index (χ4n) is 2.95. The summed E-state index contributed by atoms with van der Waals surface area (Å²) >= 11 is 1.64. The predicted octanol–water partition coefficient (Wildman–Crippen LogP) is 3.29. The van der Waals surface area contributed by atoms with Gasteiger partial charge in [-0.25, -0.2) is 4.98 Å². The van der Waals surface area contributed by atoms with Gasteiger partial charge >= 0.3 is 0 Å². The Labute approximate surface area is 150 Å². The van der Waals surface area contributed by atoms with E-state index in [1.165, 1.54) is 0 Å². The SMILES string of the molecule is O=C1CSC(c2cnc(-c3ccccc3)[nH]2)N1CCc1cccnc1.